The minimum atomic E-state index is -1.05. The number of methoxy groups -OCH3 is 1. The van der Waals surface area contributed by atoms with Gasteiger partial charge in [-0.25, -0.2) is 0 Å². The van der Waals surface area contributed by atoms with Crippen LogP contribution >= 0.6 is 43.2 Å². The van der Waals surface area contributed by atoms with Crippen LogP contribution in [0.1, 0.15) is 10.4 Å². The molecule has 100 valence electrons. The minimum absolute atomic E-state index is 0.238. The van der Waals surface area contributed by atoms with Gasteiger partial charge in [-0.05, 0) is 37.9 Å². The molecule has 0 atom stereocenters. The fourth-order valence-electron chi connectivity index (χ4n) is 1.27. The highest BCUT2D eigenvalue weighted by molar-refractivity contribution is 9.12. The molecule has 0 spiro atoms. The highest BCUT2D eigenvalue weighted by atomic mass is 79.9. The number of halogens is 2. The summed E-state index contributed by atoms with van der Waals surface area (Å²) >= 11 is 7.93. The lowest BCUT2D eigenvalue weighted by Crippen LogP contribution is -2.37. The van der Waals surface area contributed by atoms with Gasteiger partial charge in [-0.3, -0.25) is 9.59 Å². The number of aliphatic carboxylic acids is 1. The zero-order valence-electron chi connectivity index (χ0n) is 9.48. The third kappa shape index (κ3) is 4.34. The Morgan fingerprint density at radius 3 is 2.61 bits per heavy atom. The number of ether oxygens (including phenoxy) is 1. The molecule has 1 amide bonds. The summed E-state index contributed by atoms with van der Waals surface area (Å²) in [6, 6.07) is 1.67. The Bertz CT molecular complexity index is 449. The van der Waals surface area contributed by atoms with Crippen molar-refractivity contribution >= 4 is 55.1 Å². The van der Waals surface area contributed by atoms with Gasteiger partial charge in [0.05, 0.1) is 19.7 Å². The first-order valence-electron chi connectivity index (χ1n) is 4.90. The zero-order chi connectivity index (χ0) is 13.7. The van der Waals surface area contributed by atoms with Gasteiger partial charge < -0.3 is 14.7 Å². The number of carboxylic acid groups (broad SMARTS) is 1. The second-order valence-corrected chi connectivity index (χ2v) is 7.10. The molecular formula is C10H11Br2NO4S. The molecule has 0 saturated heterocycles. The van der Waals surface area contributed by atoms with Gasteiger partial charge in [0.25, 0.3) is 5.91 Å². The SMILES string of the molecule is COCCN(CC(=O)O)C(=O)c1cc(Br)sc1Br. The lowest BCUT2D eigenvalue weighted by Gasteiger charge is -2.19. The summed E-state index contributed by atoms with van der Waals surface area (Å²) in [5, 5.41) is 8.80. The van der Waals surface area contributed by atoms with Crippen molar-refractivity contribution in [2.75, 3.05) is 26.8 Å². The number of carboxylic acids is 1. The Morgan fingerprint density at radius 1 is 1.50 bits per heavy atom. The monoisotopic (exact) mass is 399 g/mol. The Morgan fingerprint density at radius 2 is 2.17 bits per heavy atom. The first kappa shape index (κ1) is 15.6. The van der Waals surface area contributed by atoms with Gasteiger partial charge in [0.2, 0.25) is 0 Å². The van der Waals surface area contributed by atoms with E-state index in [0.29, 0.717) is 16.0 Å². The molecule has 0 aliphatic carbocycles. The van der Waals surface area contributed by atoms with Crippen molar-refractivity contribution in [3.05, 3.63) is 19.2 Å². The number of hydrogen-bond donors (Lipinski definition) is 1. The molecule has 18 heavy (non-hydrogen) atoms. The van der Waals surface area contributed by atoms with Crippen molar-refractivity contribution in [3.63, 3.8) is 0 Å². The molecule has 0 aliphatic rings. The van der Waals surface area contributed by atoms with Crippen LogP contribution in [0.4, 0.5) is 0 Å². The molecule has 1 aromatic rings. The minimum Gasteiger partial charge on any atom is -0.480 e. The fourth-order valence-corrected chi connectivity index (χ4v) is 4.05. The molecule has 0 fully saturated rings. The number of thiophene rings is 1. The van der Waals surface area contributed by atoms with Crippen LogP contribution in [0, 0.1) is 0 Å². The van der Waals surface area contributed by atoms with Crippen LogP contribution < -0.4 is 0 Å². The molecule has 0 aliphatic heterocycles. The third-order valence-electron chi connectivity index (χ3n) is 2.07. The van der Waals surface area contributed by atoms with Crippen LogP contribution in [0.25, 0.3) is 0 Å². The maximum absolute atomic E-state index is 12.2. The summed E-state index contributed by atoms with van der Waals surface area (Å²) in [5.74, 6) is -1.38. The first-order valence-corrected chi connectivity index (χ1v) is 7.30. The van der Waals surface area contributed by atoms with Crippen molar-refractivity contribution in [2.45, 2.75) is 0 Å². The average molecular weight is 401 g/mol. The Labute approximate surface area is 125 Å². The van der Waals surface area contributed by atoms with Crippen molar-refractivity contribution in [2.24, 2.45) is 0 Å². The normalized spacial score (nSPS) is 10.4. The fraction of sp³-hybridized carbons (Fsp3) is 0.400. The number of carbonyl (C=O) groups excluding carboxylic acids is 1. The average Bonchev–Trinajstić information content (AvgIpc) is 2.62. The van der Waals surface area contributed by atoms with E-state index < -0.39 is 5.97 Å². The van der Waals surface area contributed by atoms with E-state index in [4.69, 9.17) is 9.84 Å². The number of rotatable bonds is 6. The van der Waals surface area contributed by atoms with Crippen molar-refractivity contribution in [3.8, 4) is 0 Å². The number of nitrogens with zero attached hydrogens (tertiary/aromatic N) is 1. The van der Waals surface area contributed by atoms with Gasteiger partial charge in [-0.15, -0.1) is 11.3 Å². The summed E-state index contributed by atoms with van der Waals surface area (Å²) in [6.45, 7) is 0.186. The van der Waals surface area contributed by atoms with E-state index in [1.54, 1.807) is 6.07 Å². The van der Waals surface area contributed by atoms with E-state index in [1.165, 1.54) is 23.3 Å². The van der Waals surface area contributed by atoms with E-state index in [2.05, 4.69) is 31.9 Å². The first-order chi connectivity index (χ1) is 8.45. The van der Waals surface area contributed by atoms with E-state index in [0.717, 1.165) is 3.79 Å². The van der Waals surface area contributed by atoms with E-state index in [1.807, 2.05) is 0 Å². The smallest absolute Gasteiger partial charge is 0.323 e. The van der Waals surface area contributed by atoms with Crippen molar-refractivity contribution in [1.29, 1.82) is 0 Å². The van der Waals surface area contributed by atoms with Crippen molar-refractivity contribution in [1.82, 2.24) is 4.90 Å². The van der Waals surface area contributed by atoms with Gasteiger partial charge in [-0.2, -0.15) is 0 Å². The summed E-state index contributed by atoms with van der Waals surface area (Å²) in [7, 11) is 1.50. The standard InChI is InChI=1S/C10H11Br2NO4S/c1-17-3-2-13(5-8(14)15)10(16)6-4-7(11)18-9(6)12/h4H,2-3,5H2,1H3,(H,14,15). The maximum atomic E-state index is 12.2. The summed E-state index contributed by atoms with van der Waals surface area (Å²) in [5.41, 5.74) is 0.448. The lowest BCUT2D eigenvalue weighted by atomic mass is 10.3. The second-order valence-electron chi connectivity index (χ2n) is 3.35. The van der Waals surface area contributed by atoms with Gasteiger partial charge >= 0.3 is 5.97 Å². The predicted molar refractivity (Wildman–Crippen MR) is 75.1 cm³/mol. The van der Waals surface area contributed by atoms with E-state index in [9.17, 15) is 9.59 Å². The van der Waals surface area contributed by atoms with Gasteiger partial charge in [0.1, 0.15) is 6.54 Å². The van der Waals surface area contributed by atoms with E-state index in [-0.39, 0.29) is 19.0 Å². The number of hydrogen-bond acceptors (Lipinski definition) is 4. The second kappa shape index (κ2) is 7.22. The van der Waals surface area contributed by atoms with Crippen LogP contribution in [0.15, 0.2) is 13.6 Å². The predicted octanol–water partition coefficient (Wildman–Crippen LogP) is 2.45. The van der Waals surface area contributed by atoms with Crippen LogP contribution in [0.3, 0.4) is 0 Å². The lowest BCUT2D eigenvalue weighted by molar-refractivity contribution is -0.137. The number of amides is 1. The molecule has 8 heteroatoms. The highest BCUT2D eigenvalue weighted by Crippen LogP contribution is 2.32. The maximum Gasteiger partial charge on any atom is 0.323 e. The molecule has 0 radical (unpaired) electrons. The third-order valence-corrected chi connectivity index (χ3v) is 4.41. The molecule has 1 rings (SSSR count). The molecule has 0 bridgehead atoms. The molecule has 0 unspecified atom stereocenters. The summed E-state index contributed by atoms with van der Waals surface area (Å²) in [4.78, 5) is 24.2. The van der Waals surface area contributed by atoms with Crippen molar-refractivity contribution < 1.29 is 19.4 Å². The quantitative estimate of drug-likeness (QED) is 0.796. The molecule has 1 aromatic heterocycles. The van der Waals surface area contributed by atoms with E-state index >= 15 is 0 Å². The topological polar surface area (TPSA) is 66.8 Å². The van der Waals surface area contributed by atoms with Gasteiger partial charge in [-0.1, -0.05) is 0 Å². The molecule has 1 heterocycles. The molecule has 1 N–H and O–H groups in total. The Kier molecular flexibility index (Phi) is 6.27. The van der Waals surface area contributed by atoms with Crippen LogP contribution in [-0.4, -0.2) is 48.7 Å². The van der Waals surface area contributed by atoms with Gasteiger partial charge in [0.15, 0.2) is 0 Å². The molecule has 0 saturated carbocycles. The molecular weight excluding hydrogens is 390 g/mol. The molecule has 0 aromatic carbocycles. The largest absolute Gasteiger partial charge is 0.480 e. The molecule has 5 nitrogen and oxygen atoms in total. The van der Waals surface area contributed by atoms with Gasteiger partial charge in [0, 0.05) is 13.7 Å². The van der Waals surface area contributed by atoms with Crippen LogP contribution in [0.2, 0.25) is 0 Å². The summed E-state index contributed by atoms with van der Waals surface area (Å²) in [6.07, 6.45) is 0. The zero-order valence-corrected chi connectivity index (χ0v) is 13.5. The highest BCUT2D eigenvalue weighted by Gasteiger charge is 2.22. The Hall–Kier alpha value is -0.440. The summed E-state index contributed by atoms with van der Waals surface area (Å²) < 4.78 is 6.35. The van der Waals surface area contributed by atoms with Crippen LogP contribution in [0.5, 0.6) is 0 Å². The number of carbonyl (C=O) groups is 2. The van der Waals surface area contributed by atoms with Crippen LogP contribution in [-0.2, 0) is 9.53 Å². The Balaban J connectivity index is 2.87.